The first-order valence-corrected chi connectivity index (χ1v) is 15.2. The van der Waals surface area contributed by atoms with Crippen LogP contribution in [0.3, 0.4) is 0 Å². The molecule has 0 spiro atoms. The number of aromatic nitrogens is 1. The minimum Gasteiger partial charge on any atom is -0.370 e. The highest BCUT2D eigenvalue weighted by molar-refractivity contribution is 5.95. The van der Waals surface area contributed by atoms with Gasteiger partial charge in [-0.2, -0.15) is 0 Å². The van der Waals surface area contributed by atoms with Crippen LogP contribution in [0.5, 0.6) is 0 Å². The average molecular weight is 587 g/mol. The molecule has 0 bridgehead atoms. The van der Waals surface area contributed by atoms with Crippen LogP contribution in [0.15, 0.2) is 97.1 Å². The standard InChI is InChI=1S/C37H42N6O/c1-24(2)28-9-5-26(6-10-28)22-43(23-27-7-11-29(12-8-27)25(3)4)33-17-18-34-31(19-33)20-35(42-34)30-13-15-32(16-14-30)41-36(44)21-40-37(38)39/h5-20,24-25,42H,21-23H2,1-4H3,(H,41,44)(H4,38,39,40). The lowest BCUT2D eigenvalue weighted by Gasteiger charge is -2.26. The number of nitrogens with zero attached hydrogens (tertiary/aromatic N) is 1. The van der Waals surface area contributed by atoms with Crippen molar-refractivity contribution in [2.45, 2.75) is 52.6 Å². The third-order valence-corrected chi connectivity index (χ3v) is 7.93. The number of amides is 1. The van der Waals surface area contributed by atoms with Crippen LogP contribution < -0.4 is 21.3 Å². The summed E-state index contributed by atoms with van der Waals surface area (Å²) in [5.74, 6) is 0.521. The van der Waals surface area contributed by atoms with Gasteiger partial charge in [-0.05, 0) is 76.1 Å². The zero-order valence-corrected chi connectivity index (χ0v) is 25.9. The van der Waals surface area contributed by atoms with E-state index in [0.717, 1.165) is 35.2 Å². The number of nitrogens with two attached hydrogens (primary N) is 1. The van der Waals surface area contributed by atoms with Crippen molar-refractivity contribution in [2.75, 3.05) is 16.8 Å². The Kier molecular flexibility index (Phi) is 9.34. The summed E-state index contributed by atoms with van der Waals surface area (Å²) >= 11 is 0. The van der Waals surface area contributed by atoms with E-state index in [0.29, 0.717) is 17.5 Å². The van der Waals surface area contributed by atoms with Crippen molar-refractivity contribution in [3.05, 3.63) is 119 Å². The minimum absolute atomic E-state index is 0.0506. The van der Waals surface area contributed by atoms with Crippen LogP contribution >= 0.6 is 0 Å². The number of rotatable bonds is 11. The number of nitrogens with one attached hydrogen (secondary N) is 4. The molecule has 44 heavy (non-hydrogen) atoms. The summed E-state index contributed by atoms with van der Waals surface area (Å²) in [7, 11) is 0. The average Bonchev–Trinajstić information content (AvgIpc) is 3.44. The quantitative estimate of drug-likeness (QED) is 0.0806. The molecule has 0 aliphatic carbocycles. The highest BCUT2D eigenvalue weighted by Crippen LogP contribution is 2.30. The van der Waals surface area contributed by atoms with Crippen molar-refractivity contribution < 1.29 is 4.79 Å². The Morgan fingerprint density at radius 2 is 1.36 bits per heavy atom. The molecule has 6 N–H and O–H groups in total. The molecule has 4 aromatic carbocycles. The van der Waals surface area contributed by atoms with Crippen LogP contribution in [0.2, 0.25) is 0 Å². The van der Waals surface area contributed by atoms with Gasteiger partial charge in [-0.25, -0.2) is 0 Å². The summed E-state index contributed by atoms with van der Waals surface area (Å²) in [5, 5.41) is 13.7. The number of hydrogen-bond donors (Lipinski definition) is 5. The summed E-state index contributed by atoms with van der Waals surface area (Å²) < 4.78 is 0. The summed E-state index contributed by atoms with van der Waals surface area (Å²) in [4.78, 5) is 18.0. The molecule has 1 amide bonds. The van der Waals surface area contributed by atoms with E-state index in [9.17, 15) is 4.79 Å². The van der Waals surface area contributed by atoms with Crippen molar-refractivity contribution in [3.63, 3.8) is 0 Å². The number of hydrogen-bond acceptors (Lipinski definition) is 3. The Labute approximate surface area is 260 Å². The lowest BCUT2D eigenvalue weighted by molar-refractivity contribution is -0.115. The lowest BCUT2D eigenvalue weighted by atomic mass is 10.0. The first kappa shape index (κ1) is 30.4. The normalized spacial score (nSPS) is 11.2. The Hall–Kier alpha value is -5.04. The van der Waals surface area contributed by atoms with E-state index in [1.807, 2.05) is 24.3 Å². The van der Waals surface area contributed by atoms with E-state index in [4.69, 9.17) is 11.1 Å². The van der Waals surface area contributed by atoms with Gasteiger partial charge in [-0.1, -0.05) is 88.4 Å². The second-order valence-electron chi connectivity index (χ2n) is 12.0. The van der Waals surface area contributed by atoms with Crippen LogP contribution in [0.1, 0.15) is 61.8 Å². The Bertz CT molecular complexity index is 1660. The van der Waals surface area contributed by atoms with Gasteiger partial charge in [0.2, 0.25) is 5.91 Å². The molecule has 0 radical (unpaired) electrons. The first-order valence-electron chi connectivity index (χ1n) is 15.2. The van der Waals surface area contributed by atoms with E-state index in [-0.39, 0.29) is 18.4 Å². The summed E-state index contributed by atoms with van der Waals surface area (Å²) in [6.07, 6.45) is 0. The van der Waals surface area contributed by atoms with Crippen molar-refractivity contribution >= 4 is 34.1 Å². The van der Waals surface area contributed by atoms with E-state index in [1.165, 1.54) is 27.9 Å². The maximum atomic E-state index is 12.1. The predicted octanol–water partition coefficient (Wildman–Crippen LogP) is 7.71. The fourth-order valence-electron chi connectivity index (χ4n) is 5.28. The van der Waals surface area contributed by atoms with Gasteiger partial charge < -0.3 is 26.3 Å². The first-order chi connectivity index (χ1) is 21.1. The van der Waals surface area contributed by atoms with E-state index in [2.05, 4.69) is 121 Å². The number of anilines is 2. The highest BCUT2D eigenvalue weighted by Gasteiger charge is 2.13. The Morgan fingerprint density at radius 1 is 0.795 bits per heavy atom. The van der Waals surface area contributed by atoms with Gasteiger partial charge in [-0.3, -0.25) is 10.2 Å². The highest BCUT2D eigenvalue weighted by atomic mass is 16.1. The molecular formula is C37H42N6O. The van der Waals surface area contributed by atoms with Gasteiger partial charge in [0, 0.05) is 41.1 Å². The third kappa shape index (κ3) is 7.67. The van der Waals surface area contributed by atoms with Gasteiger partial charge in [0.15, 0.2) is 5.96 Å². The largest absolute Gasteiger partial charge is 0.370 e. The minimum atomic E-state index is -0.262. The molecule has 1 heterocycles. The maximum absolute atomic E-state index is 12.1. The smallest absolute Gasteiger partial charge is 0.243 e. The molecule has 0 saturated carbocycles. The molecule has 0 saturated heterocycles. The van der Waals surface area contributed by atoms with Crippen LogP contribution in [0.25, 0.3) is 22.2 Å². The number of H-pyrrole nitrogens is 1. The van der Waals surface area contributed by atoms with Gasteiger partial charge in [0.1, 0.15) is 0 Å². The summed E-state index contributed by atoms with van der Waals surface area (Å²) in [6, 6.07) is 34.5. The van der Waals surface area contributed by atoms with Crippen LogP contribution in [-0.2, 0) is 17.9 Å². The second-order valence-corrected chi connectivity index (χ2v) is 12.0. The van der Waals surface area contributed by atoms with Crippen LogP contribution in [0.4, 0.5) is 11.4 Å². The fourth-order valence-corrected chi connectivity index (χ4v) is 5.28. The van der Waals surface area contributed by atoms with E-state index in [1.54, 1.807) is 0 Å². The molecule has 226 valence electrons. The zero-order chi connectivity index (χ0) is 31.2. The third-order valence-electron chi connectivity index (χ3n) is 7.93. The van der Waals surface area contributed by atoms with Crippen molar-refractivity contribution in [3.8, 4) is 11.3 Å². The number of fused-ring (bicyclic) bond motifs is 1. The topological polar surface area (TPSA) is 110 Å². The molecule has 0 atom stereocenters. The molecule has 5 aromatic rings. The zero-order valence-electron chi connectivity index (χ0n) is 25.9. The van der Waals surface area contributed by atoms with Gasteiger partial charge in [0.05, 0.1) is 6.54 Å². The summed E-state index contributed by atoms with van der Waals surface area (Å²) in [6.45, 7) is 10.5. The molecule has 5 rings (SSSR count). The maximum Gasteiger partial charge on any atom is 0.243 e. The van der Waals surface area contributed by atoms with Gasteiger partial charge in [-0.15, -0.1) is 0 Å². The lowest BCUT2D eigenvalue weighted by Crippen LogP contribution is -2.36. The molecule has 1 aromatic heterocycles. The van der Waals surface area contributed by atoms with Crippen molar-refractivity contribution in [1.82, 2.24) is 10.3 Å². The predicted molar refractivity (Wildman–Crippen MR) is 183 cm³/mol. The molecule has 0 aliphatic rings. The second kappa shape index (κ2) is 13.5. The van der Waals surface area contributed by atoms with Crippen LogP contribution in [0, 0.1) is 5.41 Å². The van der Waals surface area contributed by atoms with Gasteiger partial charge in [0.25, 0.3) is 0 Å². The molecular weight excluding hydrogens is 544 g/mol. The van der Waals surface area contributed by atoms with Crippen LogP contribution in [-0.4, -0.2) is 23.4 Å². The Morgan fingerprint density at radius 3 is 1.89 bits per heavy atom. The van der Waals surface area contributed by atoms with Crippen molar-refractivity contribution in [2.24, 2.45) is 5.73 Å². The number of benzene rings is 4. The van der Waals surface area contributed by atoms with Crippen molar-refractivity contribution in [1.29, 1.82) is 5.41 Å². The van der Waals surface area contributed by atoms with E-state index >= 15 is 0 Å². The molecule has 0 fully saturated rings. The molecule has 0 unspecified atom stereocenters. The number of guanidine groups is 1. The Balaban J connectivity index is 1.38. The number of aromatic amines is 1. The fraction of sp³-hybridized carbons (Fsp3) is 0.243. The molecule has 0 aliphatic heterocycles. The SMILES string of the molecule is CC(C)c1ccc(CN(Cc2ccc(C(C)C)cc2)c2ccc3[nH]c(-c4ccc(NC(=O)CNC(=N)N)cc4)cc3c2)cc1. The molecule has 7 heteroatoms. The number of carbonyl (C=O) groups excluding carboxylic acids is 1. The van der Waals surface area contributed by atoms with Gasteiger partial charge >= 0.3 is 0 Å². The summed E-state index contributed by atoms with van der Waals surface area (Å²) in [5.41, 5.74) is 15.5. The van der Waals surface area contributed by atoms with E-state index < -0.39 is 0 Å². The molecule has 7 nitrogen and oxygen atoms in total. The number of carbonyl (C=O) groups is 1. The monoisotopic (exact) mass is 586 g/mol.